The number of rotatable bonds is 3. The first-order valence-corrected chi connectivity index (χ1v) is 8.33. The zero-order valence-electron chi connectivity index (χ0n) is 13.0. The lowest BCUT2D eigenvalue weighted by Crippen LogP contribution is -2.41. The molecule has 4 heterocycles. The van der Waals surface area contributed by atoms with E-state index in [1.54, 1.807) is 0 Å². The van der Waals surface area contributed by atoms with Gasteiger partial charge in [0.05, 0.1) is 0 Å². The number of nitrogens with zero attached hydrogens (tertiary/aromatic N) is 3. The van der Waals surface area contributed by atoms with Gasteiger partial charge in [0.2, 0.25) is 0 Å². The van der Waals surface area contributed by atoms with E-state index in [1.165, 1.54) is 56.8 Å². The fourth-order valence-corrected chi connectivity index (χ4v) is 4.06. The Bertz CT molecular complexity index is 585. The monoisotopic (exact) mass is 296 g/mol. The number of aromatic nitrogens is 2. The van der Waals surface area contributed by atoms with Gasteiger partial charge in [-0.3, -0.25) is 9.88 Å². The molecule has 2 aromatic rings. The number of piperidine rings is 1. The third-order valence-electron chi connectivity index (χ3n) is 5.39. The first-order valence-electron chi connectivity index (χ1n) is 8.33. The first kappa shape index (κ1) is 13.8. The molecular weight excluding hydrogens is 272 g/mol. The average Bonchev–Trinajstić information content (AvgIpc) is 3.21. The van der Waals surface area contributed by atoms with Crippen molar-refractivity contribution >= 4 is 5.82 Å². The molecule has 0 aromatic carbocycles. The molecule has 2 aliphatic heterocycles. The molecule has 22 heavy (non-hydrogen) atoms. The van der Waals surface area contributed by atoms with Crippen molar-refractivity contribution in [3.05, 3.63) is 48.4 Å². The van der Waals surface area contributed by atoms with Crippen LogP contribution in [0.25, 0.3) is 0 Å². The number of nitrogens with one attached hydrogen (secondary N) is 1. The van der Waals surface area contributed by atoms with Crippen LogP contribution in [-0.2, 0) is 6.54 Å². The minimum absolute atomic E-state index is 0.547. The van der Waals surface area contributed by atoms with Gasteiger partial charge in [0.25, 0.3) is 0 Å². The van der Waals surface area contributed by atoms with Gasteiger partial charge in [0, 0.05) is 44.8 Å². The van der Waals surface area contributed by atoms with Gasteiger partial charge in [-0.15, -0.1) is 0 Å². The van der Waals surface area contributed by atoms with E-state index in [0.717, 1.165) is 6.54 Å². The minimum atomic E-state index is 0.547. The first-order chi connectivity index (χ1) is 10.8. The Morgan fingerprint density at radius 1 is 1.09 bits per heavy atom. The van der Waals surface area contributed by atoms with Crippen molar-refractivity contribution in [2.24, 2.45) is 5.41 Å². The number of anilines is 1. The van der Waals surface area contributed by atoms with Crippen molar-refractivity contribution in [2.45, 2.75) is 25.8 Å². The maximum absolute atomic E-state index is 4.23. The highest BCUT2D eigenvalue weighted by Crippen LogP contribution is 2.41. The van der Waals surface area contributed by atoms with Crippen LogP contribution in [0.5, 0.6) is 0 Å². The van der Waals surface area contributed by atoms with Crippen molar-refractivity contribution in [1.82, 2.24) is 14.9 Å². The number of pyridine rings is 1. The molecule has 0 amide bonds. The summed E-state index contributed by atoms with van der Waals surface area (Å²) in [5, 5.41) is 0. The number of H-pyrrole nitrogens is 1. The van der Waals surface area contributed by atoms with Gasteiger partial charge < -0.3 is 9.88 Å². The Kier molecular flexibility index (Phi) is 3.62. The Morgan fingerprint density at radius 2 is 1.95 bits per heavy atom. The second-order valence-electron chi connectivity index (χ2n) is 6.86. The Morgan fingerprint density at radius 3 is 2.68 bits per heavy atom. The van der Waals surface area contributed by atoms with Crippen molar-refractivity contribution in [3.8, 4) is 0 Å². The van der Waals surface area contributed by atoms with E-state index >= 15 is 0 Å². The molecule has 0 bridgehead atoms. The quantitative estimate of drug-likeness (QED) is 0.946. The Balaban J connectivity index is 1.35. The van der Waals surface area contributed by atoms with Gasteiger partial charge in [0.15, 0.2) is 0 Å². The third-order valence-corrected chi connectivity index (χ3v) is 5.39. The highest BCUT2D eigenvalue weighted by molar-refractivity contribution is 5.39. The lowest BCUT2D eigenvalue weighted by Gasteiger charge is -2.40. The standard InChI is InChI=1S/C18H24N4/c1-3-16(13-19-8-1)14-21-10-5-18(15-21)6-11-22(12-7-18)17-4-2-9-20-17/h1-4,8-9,13,20H,5-7,10-12,14-15H2. The molecule has 0 radical (unpaired) electrons. The molecule has 0 unspecified atom stereocenters. The smallest absolute Gasteiger partial charge is 0.105 e. The van der Waals surface area contributed by atoms with E-state index in [-0.39, 0.29) is 0 Å². The van der Waals surface area contributed by atoms with Gasteiger partial charge in [-0.25, -0.2) is 0 Å². The van der Waals surface area contributed by atoms with Crippen molar-refractivity contribution in [1.29, 1.82) is 0 Å². The zero-order chi connectivity index (χ0) is 14.8. The predicted molar refractivity (Wildman–Crippen MR) is 88.8 cm³/mol. The molecule has 1 spiro atoms. The van der Waals surface area contributed by atoms with Crippen LogP contribution in [0.2, 0.25) is 0 Å². The summed E-state index contributed by atoms with van der Waals surface area (Å²) in [5.74, 6) is 1.28. The van der Waals surface area contributed by atoms with Gasteiger partial charge in [-0.05, 0) is 55.0 Å². The Labute approximate surface area is 132 Å². The SMILES string of the molecule is c1cncc(CN2CCC3(CCN(c4ccc[nH]4)CC3)C2)c1. The highest BCUT2D eigenvalue weighted by Gasteiger charge is 2.40. The molecule has 2 aromatic heterocycles. The summed E-state index contributed by atoms with van der Waals surface area (Å²) in [6, 6.07) is 8.49. The third kappa shape index (κ3) is 2.75. The van der Waals surface area contributed by atoms with Crippen LogP contribution < -0.4 is 4.90 Å². The molecular formula is C18H24N4. The number of aromatic amines is 1. The van der Waals surface area contributed by atoms with Crippen LogP contribution in [0.3, 0.4) is 0 Å². The lowest BCUT2D eigenvalue weighted by molar-refractivity contribution is 0.206. The minimum Gasteiger partial charge on any atom is -0.358 e. The van der Waals surface area contributed by atoms with E-state index in [2.05, 4.69) is 38.0 Å². The van der Waals surface area contributed by atoms with Crippen LogP contribution >= 0.6 is 0 Å². The molecule has 1 N–H and O–H groups in total. The summed E-state index contributed by atoms with van der Waals surface area (Å²) in [6.07, 6.45) is 9.85. The van der Waals surface area contributed by atoms with Crippen molar-refractivity contribution in [2.75, 3.05) is 31.1 Å². The van der Waals surface area contributed by atoms with E-state index in [1.807, 2.05) is 24.7 Å². The van der Waals surface area contributed by atoms with Crippen LogP contribution in [0.1, 0.15) is 24.8 Å². The highest BCUT2D eigenvalue weighted by atomic mass is 15.2. The van der Waals surface area contributed by atoms with E-state index in [4.69, 9.17) is 0 Å². The van der Waals surface area contributed by atoms with Gasteiger partial charge in [0.1, 0.15) is 5.82 Å². The van der Waals surface area contributed by atoms with Crippen LogP contribution in [0, 0.1) is 5.41 Å². The zero-order valence-corrected chi connectivity index (χ0v) is 13.0. The normalized spacial score (nSPS) is 21.5. The van der Waals surface area contributed by atoms with Gasteiger partial charge in [-0.1, -0.05) is 6.07 Å². The number of hydrogen-bond acceptors (Lipinski definition) is 3. The topological polar surface area (TPSA) is 35.2 Å². The number of likely N-dealkylation sites (tertiary alicyclic amines) is 1. The molecule has 2 fully saturated rings. The predicted octanol–water partition coefficient (Wildman–Crippen LogP) is 2.90. The largest absolute Gasteiger partial charge is 0.358 e. The lowest BCUT2D eigenvalue weighted by atomic mass is 9.78. The van der Waals surface area contributed by atoms with Crippen LogP contribution in [-0.4, -0.2) is 41.0 Å². The molecule has 0 saturated carbocycles. The van der Waals surface area contributed by atoms with E-state index < -0.39 is 0 Å². The summed E-state index contributed by atoms with van der Waals surface area (Å²) in [4.78, 5) is 12.7. The van der Waals surface area contributed by atoms with Gasteiger partial charge in [-0.2, -0.15) is 0 Å². The number of hydrogen-bond donors (Lipinski definition) is 1. The fourth-order valence-electron chi connectivity index (χ4n) is 4.06. The van der Waals surface area contributed by atoms with Crippen LogP contribution in [0.4, 0.5) is 5.82 Å². The second kappa shape index (κ2) is 5.76. The Hall–Kier alpha value is -1.81. The summed E-state index contributed by atoms with van der Waals surface area (Å²) < 4.78 is 0. The molecule has 0 aliphatic carbocycles. The molecule has 4 rings (SSSR count). The van der Waals surface area contributed by atoms with E-state index in [9.17, 15) is 0 Å². The summed E-state index contributed by atoms with van der Waals surface area (Å²) in [7, 11) is 0. The average molecular weight is 296 g/mol. The van der Waals surface area contributed by atoms with Crippen LogP contribution in [0.15, 0.2) is 42.9 Å². The van der Waals surface area contributed by atoms with Crippen molar-refractivity contribution in [3.63, 3.8) is 0 Å². The van der Waals surface area contributed by atoms with Gasteiger partial charge >= 0.3 is 0 Å². The maximum atomic E-state index is 4.23. The summed E-state index contributed by atoms with van der Waals surface area (Å²) >= 11 is 0. The molecule has 116 valence electrons. The van der Waals surface area contributed by atoms with E-state index in [0.29, 0.717) is 5.41 Å². The molecule has 4 nitrogen and oxygen atoms in total. The molecule has 4 heteroatoms. The van der Waals surface area contributed by atoms with Crippen molar-refractivity contribution < 1.29 is 0 Å². The summed E-state index contributed by atoms with van der Waals surface area (Å²) in [6.45, 7) is 5.90. The molecule has 0 atom stereocenters. The molecule has 2 aliphatic rings. The summed E-state index contributed by atoms with van der Waals surface area (Å²) in [5.41, 5.74) is 1.88. The maximum Gasteiger partial charge on any atom is 0.105 e. The second-order valence-corrected chi connectivity index (χ2v) is 6.86. The molecule has 2 saturated heterocycles. The fraction of sp³-hybridized carbons (Fsp3) is 0.500.